The highest BCUT2D eigenvalue weighted by molar-refractivity contribution is 4.92. The summed E-state index contributed by atoms with van der Waals surface area (Å²) >= 11 is 0. The minimum atomic E-state index is 0.215. The van der Waals surface area contributed by atoms with Crippen LogP contribution in [0.1, 0.15) is 31.4 Å². The van der Waals surface area contributed by atoms with Gasteiger partial charge < -0.3 is 15.5 Å². The van der Waals surface area contributed by atoms with Gasteiger partial charge in [0, 0.05) is 6.04 Å². The molecule has 2 atom stereocenters. The first-order valence-corrected chi connectivity index (χ1v) is 5.20. The molecule has 1 saturated carbocycles. The molecule has 0 aliphatic heterocycles. The lowest BCUT2D eigenvalue weighted by molar-refractivity contribution is 0.00271. The Kier molecular flexibility index (Phi) is 3.16. The van der Waals surface area contributed by atoms with Gasteiger partial charge in [0.1, 0.15) is 0 Å². The maximum Gasteiger partial charge on any atom is 0.0922 e. The molecule has 1 aliphatic carbocycles. The molecule has 78 valence electrons. The molecule has 0 amide bonds. The number of nitrogens with two attached hydrogens (primary N) is 1. The summed E-state index contributed by atoms with van der Waals surface area (Å²) in [5, 5.41) is 0. The predicted octanol–water partition coefficient (Wildman–Crippen LogP) is 1.20. The molecule has 0 bridgehead atoms. The normalized spacial score (nSPS) is 27.8. The van der Waals surface area contributed by atoms with E-state index in [0.717, 1.165) is 18.5 Å². The lowest BCUT2D eigenvalue weighted by Crippen LogP contribution is -2.39. The van der Waals surface area contributed by atoms with Crippen molar-refractivity contribution >= 4 is 0 Å². The van der Waals surface area contributed by atoms with Crippen LogP contribution in [0.3, 0.4) is 0 Å². The number of hydrogen-bond donors (Lipinski definition) is 2. The van der Waals surface area contributed by atoms with Crippen molar-refractivity contribution < 1.29 is 4.74 Å². The summed E-state index contributed by atoms with van der Waals surface area (Å²) in [7, 11) is 0. The van der Waals surface area contributed by atoms with Crippen molar-refractivity contribution in [1.29, 1.82) is 0 Å². The number of aromatic nitrogens is 2. The average molecular weight is 195 g/mol. The summed E-state index contributed by atoms with van der Waals surface area (Å²) in [6, 6.07) is 0.215. The molecule has 0 unspecified atom stereocenters. The molecule has 0 saturated heterocycles. The minimum Gasteiger partial charge on any atom is -0.370 e. The Morgan fingerprint density at radius 2 is 2.36 bits per heavy atom. The Morgan fingerprint density at radius 1 is 1.50 bits per heavy atom. The summed E-state index contributed by atoms with van der Waals surface area (Å²) in [6.07, 6.45) is 8.34. The molecule has 1 aromatic heterocycles. The molecule has 0 aromatic carbocycles. The zero-order valence-electron chi connectivity index (χ0n) is 8.28. The van der Waals surface area contributed by atoms with E-state index in [2.05, 4.69) is 9.97 Å². The van der Waals surface area contributed by atoms with Crippen LogP contribution in [-0.2, 0) is 11.3 Å². The van der Waals surface area contributed by atoms with Gasteiger partial charge in [-0.1, -0.05) is 12.8 Å². The van der Waals surface area contributed by atoms with Crippen LogP contribution in [0, 0.1) is 0 Å². The van der Waals surface area contributed by atoms with Crippen LogP contribution in [0.5, 0.6) is 0 Å². The van der Waals surface area contributed by atoms with Crippen molar-refractivity contribution in [2.45, 2.75) is 44.4 Å². The van der Waals surface area contributed by atoms with E-state index in [1.54, 1.807) is 12.5 Å². The van der Waals surface area contributed by atoms with Gasteiger partial charge in [0.05, 0.1) is 30.9 Å². The molecule has 3 N–H and O–H groups in total. The highest BCUT2D eigenvalue weighted by atomic mass is 16.5. The number of hydrogen-bond acceptors (Lipinski definition) is 3. The molecular formula is C10H17N3O. The Balaban J connectivity index is 1.79. The quantitative estimate of drug-likeness (QED) is 0.761. The van der Waals surface area contributed by atoms with Gasteiger partial charge in [0.2, 0.25) is 0 Å². The van der Waals surface area contributed by atoms with Crippen LogP contribution in [0.4, 0.5) is 0 Å². The largest absolute Gasteiger partial charge is 0.370 e. The second kappa shape index (κ2) is 4.57. The van der Waals surface area contributed by atoms with Crippen molar-refractivity contribution in [2.24, 2.45) is 5.73 Å². The summed E-state index contributed by atoms with van der Waals surface area (Å²) < 4.78 is 5.74. The SMILES string of the molecule is N[C@@H]1CCCC[C@H]1OCc1cnc[nH]1. The fourth-order valence-electron chi connectivity index (χ4n) is 1.89. The number of rotatable bonds is 3. The number of nitrogens with one attached hydrogen (secondary N) is 1. The third-order valence-electron chi connectivity index (χ3n) is 2.76. The van der Waals surface area contributed by atoms with E-state index in [1.807, 2.05) is 0 Å². The first-order valence-electron chi connectivity index (χ1n) is 5.20. The standard InChI is InChI=1S/C10H17N3O/c11-9-3-1-2-4-10(9)14-6-8-5-12-7-13-8/h5,7,9-10H,1-4,6,11H2,(H,12,13)/t9-,10-/m1/s1. The van der Waals surface area contributed by atoms with Gasteiger partial charge in [-0.15, -0.1) is 0 Å². The monoisotopic (exact) mass is 195 g/mol. The number of ether oxygens (including phenoxy) is 1. The molecule has 1 aliphatic rings. The summed E-state index contributed by atoms with van der Waals surface area (Å²) in [4.78, 5) is 6.95. The highest BCUT2D eigenvalue weighted by Gasteiger charge is 2.22. The van der Waals surface area contributed by atoms with Gasteiger partial charge in [-0.25, -0.2) is 4.98 Å². The molecule has 2 rings (SSSR count). The molecule has 4 nitrogen and oxygen atoms in total. The lowest BCUT2D eigenvalue weighted by atomic mass is 9.93. The van der Waals surface area contributed by atoms with E-state index in [0.29, 0.717) is 6.61 Å². The average Bonchev–Trinajstić information content (AvgIpc) is 2.69. The van der Waals surface area contributed by atoms with E-state index >= 15 is 0 Å². The van der Waals surface area contributed by atoms with E-state index in [1.165, 1.54) is 12.8 Å². The maximum absolute atomic E-state index is 5.97. The van der Waals surface area contributed by atoms with Crippen LogP contribution in [0.25, 0.3) is 0 Å². The van der Waals surface area contributed by atoms with E-state index in [9.17, 15) is 0 Å². The van der Waals surface area contributed by atoms with Crippen molar-refractivity contribution in [1.82, 2.24) is 9.97 Å². The van der Waals surface area contributed by atoms with Gasteiger partial charge in [-0.05, 0) is 12.8 Å². The van der Waals surface area contributed by atoms with Crippen LogP contribution < -0.4 is 5.73 Å². The second-order valence-corrected chi connectivity index (χ2v) is 3.87. The zero-order valence-corrected chi connectivity index (χ0v) is 8.28. The first kappa shape index (κ1) is 9.68. The molecule has 14 heavy (non-hydrogen) atoms. The Bertz CT molecular complexity index is 260. The highest BCUT2D eigenvalue weighted by Crippen LogP contribution is 2.20. The fourth-order valence-corrected chi connectivity index (χ4v) is 1.89. The molecule has 0 radical (unpaired) electrons. The van der Waals surface area contributed by atoms with Crippen LogP contribution in [0.2, 0.25) is 0 Å². The smallest absolute Gasteiger partial charge is 0.0922 e. The first-order chi connectivity index (χ1) is 6.86. The number of H-pyrrole nitrogens is 1. The molecule has 0 spiro atoms. The zero-order chi connectivity index (χ0) is 9.80. The van der Waals surface area contributed by atoms with Gasteiger partial charge >= 0.3 is 0 Å². The third-order valence-corrected chi connectivity index (χ3v) is 2.76. The van der Waals surface area contributed by atoms with Gasteiger partial charge in [-0.2, -0.15) is 0 Å². The van der Waals surface area contributed by atoms with Crippen molar-refractivity contribution in [3.05, 3.63) is 18.2 Å². The molecular weight excluding hydrogens is 178 g/mol. The van der Waals surface area contributed by atoms with E-state index in [4.69, 9.17) is 10.5 Å². The topological polar surface area (TPSA) is 63.9 Å². The minimum absolute atomic E-state index is 0.215. The molecule has 4 heteroatoms. The van der Waals surface area contributed by atoms with E-state index < -0.39 is 0 Å². The molecule has 1 aromatic rings. The molecule has 1 heterocycles. The lowest BCUT2D eigenvalue weighted by Gasteiger charge is -2.28. The predicted molar refractivity (Wildman–Crippen MR) is 53.6 cm³/mol. The summed E-state index contributed by atoms with van der Waals surface area (Å²) in [5.41, 5.74) is 6.98. The fraction of sp³-hybridized carbons (Fsp3) is 0.700. The van der Waals surface area contributed by atoms with Crippen LogP contribution in [-0.4, -0.2) is 22.1 Å². The Labute approximate surface area is 83.9 Å². The van der Waals surface area contributed by atoms with E-state index in [-0.39, 0.29) is 12.1 Å². The Hall–Kier alpha value is -0.870. The third kappa shape index (κ3) is 2.33. The maximum atomic E-state index is 5.97. The van der Waals surface area contributed by atoms with Gasteiger partial charge in [0.15, 0.2) is 0 Å². The van der Waals surface area contributed by atoms with Crippen molar-refractivity contribution in [3.63, 3.8) is 0 Å². The Morgan fingerprint density at radius 3 is 3.07 bits per heavy atom. The molecule has 1 fully saturated rings. The number of nitrogens with zero attached hydrogens (tertiary/aromatic N) is 1. The number of imidazole rings is 1. The van der Waals surface area contributed by atoms with Crippen molar-refractivity contribution in [2.75, 3.05) is 0 Å². The summed E-state index contributed by atoms with van der Waals surface area (Å²) in [5.74, 6) is 0. The van der Waals surface area contributed by atoms with Crippen LogP contribution in [0.15, 0.2) is 12.5 Å². The second-order valence-electron chi connectivity index (χ2n) is 3.87. The van der Waals surface area contributed by atoms with Crippen molar-refractivity contribution in [3.8, 4) is 0 Å². The van der Waals surface area contributed by atoms with Gasteiger partial charge in [0.25, 0.3) is 0 Å². The van der Waals surface area contributed by atoms with Gasteiger partial charge in [-0.3, -0.25) is 0 Å². The summed E-state index contributed by atoms with van der Waals surface area (Å²) in [6.45, 7) is 0.596. The van der Waals surface area contributed by atoms with Crippen LogP contribution >= 0.6 is 0 Å². The number of aromatic amines is 1.